The Labute approximate surface area is 75.5 Å². The van der Waals surface area contributed by atoms with Gasteiger partial charge in [-0.15, -0.1) is 11.8 Å². The summed E-state index contributed by atoms with van der Waals surface area (Å²) < 4.78 is 0. The van der Waals surface area contributed by atoms with Crippen LogP contribution in [0.1, 0.15) is 20.8 Å². The zero-order valence-corrected chi connectivity index (χ0v) is 9.24. The van der Waals surface area contributed by atoms with Crippen LogP contribution in [0.25, 0.3) is 0 Å². The van der Waals surface area contributed by atoms with Crippen molar-refractivity contribution in [3.8, 4) is 0 Å². The van der Waals surface area contributed by atoms with Crippen LogP contribution in [0.2, 0.25) is 0 Å². The van der Waals surface area contributed by atoms with Crippen LogP contribution in [0.5, 0.6) is 0 Å². The fraction of sp³-hybridized carbons (Fsp3) is 1.00. The Morgan fingerprint density at radius 2 is 1.73 bits per heavy atom. The average Bonchev–Trinajstić information content (AvgIpc) is 1.86. The van der Waals surface area contributed by atoms with Crippen molar-refractivity contribution in [2.75, 3.05) is 25.7 Å². The molecule has 0 spiro atoms. The fourth-order valence-electron chi connectivity index (χ4n) is 0.614. The maximum Gasteiger partial charge on any atom is 0.0438 e. The summed E-state index contributed by atoms with van der Waals surface area (Å²) in [6.45, 7) is 6.91. The van der Waals surface area contributed by atoms with E-state index in [-0.39, 0.29) is 0 Å². The van der Waals surface area contributed by atoms with Gasteiger partial charge in [-0.2, -0.15) is 0 Å². The molecule has 0 aliphatic heterocycles. The molecule has 2 heteroatoms. The molecule has 0 radical (unpaired) electrons. The van der Waals surface area contributed by atoms with Crippen molar-refractivity contribution in [1.29, 1.82) is 0 Å². The van der Waals surface area contributed by atoms with Crippen LogP contribution < -0.4 is 0 Å². The highest BCUT2D eigenvalue weighted by molar-refractivity contribution is 7.99. The largest absolute Gasteiger partial charge is 0.300 e. The summed E-state index contributed by atoms with van der Waals surface area (Å²) in [5.74, 6) is 4.11. The van der Waals surface area contributed by atoms with Crippen LogP contribution in [0.3, 0.4) is 0 Å². The summed E-state index contributed by atoms with van der Waals surface area (Å²) in [5.41, 5.74) is 0. The van der Waals surface area contributed by atoms with Crippen molar-refractivity contribution < 1.29 is 0 Å². The fourth-order valence-corrected chi connectivity index (χ4v) is 1.84. The van der Waals surface area contributed by atoms with Gasteiger partial charge >= 0.3 is 0 Å². The normalized spacial score (nSPS) is 14.5. The van der Waals surface area contributed by atoms with E-state index in [4.69, 9.17) is 0 Å². The third kappa shape index (κ3) is 6.70. The number of rotatable bonds is 5. The topological polar surface area (TPSA) is 3.24 Å². The molecule has 1 atom stereocenters. The molecule has 1 nitrogen and oxygen atoms in total. The van der Waals surface area contributed by atoms with E-state index >= 15 is 0 Å². The summed E-state index contributed by atoms with van der Waals surface area (Å²) >= 11 is 2.02. The molecule has 0 N–H and O–H groups in total. The minimum Gasteiger partial charge on any atom is -0.300 e. The van der Waals surface area contributed by atoms with Crippen molar-refractivity contribution >= 4 is 11.8 Å². The van der Waals surface area contributed by atoms with Crippen molar-refractivity contribution in [2.45, 2.75) is 20.8 Å². The molecule has 0 saturated carbocycles. The van der Waals surface area contributed by atoms with Crippen molar-refractivity contribution in [3.63, 3.8) is 0 Å². The van der Waals surface area contributed by atoms with Crippen molar-refractivity contribution in [2.24, 2.45) is 11.8 Å². The SMILES string of the molecule is CC(C)C(C)CSCN(C)C. The molecular weight excluding hydrogens is 154 g/mol. The van der Waals surface area contributed by atoms with Crippen molar-refractivity contribution in [3.05, 3.63) is 0 Å². The number of thioether (sulfide) groups is 1. The minimum atomic E-state index is 0.824. The molecule has 11 heavy (non-hydrogen) atoms. The molecule has 0 aromatic carbocycles. The summed E-state index contributed by atoms with van der Waals surface area (Å²) in [6, 6.07) is 0. The molecular formula is C9H21NS. The highest BCUT2D eigenvalue weighted by atomic mass is 32.2. The van der Waals surface area contributed by atoms with E-state index in [2.05, 4.69) is 39.8 Å². The van der Waals surface area contributed by atoms with Crippen LogP contribution in [0.4, 0.5) is 0 Å². The third-order valence-electron chi connectivity index (χ3n) is 1.87. The highest BCUT2D eigenvalue weighted by Crippen LogP contribution is 2.16. The lowest BCUT2D eigenvalue weighted by Crippen LogP contribution is -2.13. The molecule has 0 heterocycles. The van der Waals surface area contributed by atoms with Gasteiger partial charge in [-0.3, -0.25) is 0 Å². The lowest BCUT2D eigenvalue weighted by molar-refractivity contribution is 0.458. The Bertz CT molecular complexity index is 91.6. The second-order valence-electron chi connectivity index (χ2n) is 3.80. The van der Waals surface area contributed by atoms with E-state index in [9.17, 15) is 0 Å². The molecule has 0 aliphatic rings. The molecule has 0 rings (SSSR count). The molecule has 0 amide bonds. The molecule has 0 bridgehead atoms. The van der Waals surface area contributed by atoms with Gasteiger partial charge in [-0.05, 0) is 31.7 Å². The van der Waals surface area contributed by atoms with Crippen molar-refractivity contribution in [1.82, 2.24) is 4.90 Å². The summed E-state index contributed by atoms with van der Waals surface area (Å²) in [7, 11) is 4.24. The first-order valence-electron chi connectivity index (χ1n) is 4.26. The Morgan fingerprint density at radius 1 is 1.18 bits per heavy atom. The van der Waals surface area contributed by atoms with Gasteiger partial charge in [0.2, 0.25) is 0 Å². The first-order chi connectivity index (χ1) is 5.04. The maximum atomic E-state index is 2.33. The Kier molecular flexibility index (Phi) is 6.06. The van der Waals surface area contributed by atoms with Gasteiger partial charge in [0.25, 0.3) is 0 Å². The van der Waals surface area contributed by atoms with Gasteiger partial charge in [-0.25, -0.2) is 0 Å². The van der Waals surface area contributed by atoms with Crippen LogP contribution >= 0.6 is 11.8 Å². The van der Waals surface area contributed by atoms with Gasteiger partial charge in [0.1, 0.15) is 0 Å². The quantitative estimate of drug-likeness (QED) is 0.591. The molecule has 0 fully saturated rings. The van der Waals surface area contributed by atoms with E-state index in [0.29, 0.717) is 0 Å². The van der Waals surface area contributed by atoms with E-state index < -0.39 is 0 Å². The zero-order chi connectivity index (χ0) is 8.85. The number of hydrogen-bond acceptors (Lipinski definition) is 2. The molecule has 0 saturated heterocycles. The molecule has 1 unspecified atom stereocenters. The van der Waals surface area contributed by atoms with Gasteiger partial charge < -0.3 is 4.90 Å². The second kappa shape index (κ2) is 5.90. The predicted molar refractivity (Wildman–Crippen MR) is 55.0 cm³/mol. The van der Waals surface area contributed by atoms with E-state index in [0.717, 1.165) is 17.7 Å². The van der Waals surface area contributed by atoms with Gasteiger partial charge in [0, 0.05) is 5.88 Å². The average molecular weight is 175 g/mol. The number of nitrogens with zero attached hydrogens (tertiary/aromatic N) is 1. The maximum absolute atomic E-state index is 2.33. The van der Waals surface area contributed by atoms with Gasteiger partial charge in [-0.1, -0.05) is 20.8 Å². The third-order valence-corrected chi connectivity index (χ3v) is 3.33. The highest BCUT2D eigenvalue weighted by Gasteiger charge is 2.06. The number of hydrogen-bond donors (Lipinski definition) is 0. The Balaban J connectivity index is 3.24. The van der Waals surface area contributed by atoms with E-state index in [1.807, 2.05) is 11.8 Å². The smallest absolute Gasteiger partial charge is 0.0438 e. The molecule has 68 valence electrons. The van der Waals surface area contributed by atoms with Crippen LogP contribution in [-0.4, -0.2) is 30.6 Å². The summed E-state index contributed by atoms with van der Waals surface area (Å²) in [6.07, 6.45) is 0. The van der Waals surface area contributed by atoms with E-state index in [1.165, 1.54) is 5.75 Å². The molecule has 0 aliphatic carbocycles. The second-order valence-corrected chi connectivity index (χ2v) is 4.80. The Hall–Kier alpha value is 0.310. The minimum absolute atomic E-state index is 0.824. The predicted octanol–water partition coefficient (Wildman–Crippen LogP) is 2.53. The van der Waals surface area contributed by atoms with Gasteiger partial charge in [0.15, 0.2) is 0 Å². The van der Waals surface area contributed by atoms with Crippen LogP contribution in [0, 0.1) is 11.8 Å². The summed E-state index contributed by atoms with van der Waals surface area (Å²) in [5, 5.41) is 0. The van der Waals surface area contributed by atoms with Crippen LogP contribution in [-0.2, 0) is 0 Å². The standard InChI is InChI=1S/C9H21NS/c1-8(2)9(3)6-11-7-10(4)5/h8-9H,6-7H2,1-5H3. The zero-order valence-electron chi connectivity index (χ0n) is 8.42. The van der Waals surface area contributed by atoms with E-state index in [1.54, 1.807) is 0 Å². The molecule has 0 aromatic rings. The van der Waals surface area contributed by atoms with Gasteiger partial charge in [0.05, 0.1) is 0 Å². The molecule has 0 aromatic heterocycles. The lowest BCUT2D eigenvalue weighted by Gasteiger charge is -2.16. The van der Waals surface area contributed by atoms with Crippen LogP contribution in [0.15, 0.2) is 0 Å². The Morgan fingerprint density at radius 3 is 2.09 bits per heavy atom. The first kappa shape index (κ1) is 11.3. The summed E-state index contributed by atoms with van der Waals surface area (Å²) in [4.78, 5) is 2.22. The first-order valence-corrected chi connectivity index (χ1v) is 5.42. The lowest BCUT2D eigenvalue weighted by atomic mass is 10.0. The monoisotopic (exact) mass is 175 g/mol.